The fourth-order valence-electron chi connectivity index (χ4n) is 5.30. The van der Waals surface area contributed by atoms with Crippen molar-refractivity contribution in [1.82, 2.24) is 4.98 Å². The molecule has 4 aromatic rings. The van der Waals surface area contributed by atoms with Crippen LogP contribution in [-0.2, 0) is 4.43 Å². The van der Waals surface area contributed by atoms with Crippen LogP contribution in [0.5, 0.6) is 0 Å². The Kier molecular flexibility index (Phi) is 10.5. The average Bonchev–Trinajstić information content (AvgIpc) is 2.95. The Morgan fingerprint density at radius 3 is 1.68 bits per heavy atom. The summed E-state index contributed by atoms with van der Waals surface area (Å²) in [7, 11) is -1.76. The third-order valence-electron chi connectivity index (χ3n) is 7.47. The Morgan fingerprint density at radius 1 is 0.632 bits per heavy atom. The van der Waals surface area contributed by atoms with Crippen molar-refractivity contribution in [2.45, 2.75) is 71.3 Å². The van der Waals surface area contributed by atoms with E-state index in [1.165, 1.54) is 47.2 Å². The molecule has 0 fully saturated rings. The first kappa shape index (κ1) is 28.0. The zero-order valence-electron chi connectivity index (χ0n) is 23.3. The number of hydrogen-bond donors (Lipinski definition) is 0. The van der Waals surface area contributed by atoms with Gasteiger partial charge in [-0.25, -0.2) is 0 Å². The van der Waals surface area contributed by atoms with E-state index in [0.717, 1.165) is 12.8 Å². The fourth-order valence-corrected chi connectivity index (χ4v) is 8.02. The number of pyridine rings is 1. The Labute approximate surface area is 231 Å². The van der Waals surface area contributed by atoms with E-state index in [1.807, 2.05) is 12.4 Å². The van der Waals surface area contributed by atoms with Crippen LogP contribution in [-0.4, -0.2) is 20.1 Å². The predicted octanol–water partition coefficient (Wildman–Crippen LogP) is 7.52. The van der Waals surface area contributed by atoms with Gasteiger partial charge >= 0.3 is 0 Å². The fraction of sp³-hybridized carbons (Fsp3) is 0.343. The van der Waals surface area contributed by atoms with E-state index in [-0.39, 0.29) is 11.5 Å². The Bertz CT molecular complexity index is 1100. The molecule has 38 heavy (non-hydrogen) atoms. The summed E-state index contributed by atoms with van der Waals surface area (Å²) >= 11 is 0. The van der Waals surface area contributed by atoms with E-state index in [4.69, 9.17) is 4.43 Å². The molecule has 198 valence electrons. The van der Waals surface area contributed by atoms with Gasteiger partial charge in [-0.05, 0) is 45.8 Å². The number of rotatable bonds is 13. The molecule has 2 nitrogen and oxygen atoms in total. The highest BCUT2D eigenvalue weighted by atomic mass is 28.3. The first-order valence-electron chi connectivity index (χ1n) is 14.2. The lowest BCUT2D eigenvalue weighted by Crippen LogP contribution is -2.49. The van der Waals surface area contributed by atoms with Crippen LogP contribution in [0.25, 0.3) is 0 Å². The molecule has 0 bridgehead atoms. The lowest BCUT2D eigenvalue weighted by molar-refractivity contribution is 0.0788. The molecule has 0 radical (unpaired) electrons. The smallest absolute Gasteiger partial charge is 0.240 e. The van der Waals surface area contributed by atoms with Crippen LogP contribution in [0.2, 0.25) is 0 Å². The maximum absolute atomic E-state index is 7.08. The lowest BCUT2D eigenvalue weighted by Gasteiger charge is -2.34. The van der Waals surface area contributed by atoms with Gasteiger partial charge in [-0.15, -0.1) is 0 Å². The van der Waals surface area contributed by atoms with Crippen molar-refractivity contribution in [3.05, 3.63) is 127 Å². The highest BCUT2D eigenvalue weighted by Gasteiger charge is 2.30. The Morgan fingerprint density at radius 2 is 1.16 bits per heavy atom. The molecule has 3 heteroatoms. The van der Waals surface area contributed by atoms with Crippen LogP contribution in [0.1, 0.15) is 76.3 Å². The summed E-state index contributed by atoms with van der Waals surface area (Å²) in [6.07, 6.45) is 11.3. The van der Waals surface area contributed by atoms with Gasteiger partial charge in [-0.3, -0.25) is 4.98 Å². The van der Waals surface area contributed by atoms with Crippen LogP contribution in [0, 0.1) is 5.41 Å². The summed E-state index contributed by atoms with van der Waals surface area (Å²) in [5.41, 5.74) is 2.81. The minimum absolute atomic E-state index is 0.105. The molecule has 2 atom stereocenters. The van der Waals surface area contributed by atoms with Crippen molar-refractivity contribution in [2.24, 2.45) is 5.41 Å². The lowest BCUT2D eigenvalue weighted by atomic mass is 9.85. The van der Waals surface area contributed by atoms with E-state index < -0.39 is 9.04 Å². The van der Waals surface area contributed by atoms with Crippen molar-refractivity contribution in [2.75, 3.05) is 0 Å². The number of hydrogen-bond acceptors (Lipinski definition) is 2. The van der Waals surface area contributed by atoms with Crippen molar-refractivity contribution in [3.63, 3.8) is 0 Å². The van der Waals surface area contributed by atoms with E-state index in [0.29, 0.717) is 5.92 Å². The van der Waals surface area contributed by atoms with Gasteiger partial charge in [-0.1, -0.05) is 144 Å². The first-order valence-corrected chi connectivity index (χ1v) is 15.8. The SMILES string of the molecule is CC(C)(C)C(CCCCCCC(c1ccccc1)c1cccnc1)O[SiH](c1ccccc1)c1ccccc1. The summed E-state index contributed by atoms with van der Waals surface area (Å²) in [4.78, 5) is 4.39. The topological polar surface area (TPSA) is 22.1 Å². The van der Waals surface area contributed by atoms with Gasteiger partial charge in [0.15, 0.2) is 0 Å². The molecule has 0 saturated carbocycles. The zero-order chi connectivity index (χ0) is 26.6. The molecule has 0 aliphatic heterocycles. The van der Waals surface area contributed by atoms with Crippen molar-refractivity contribution < 1.29 is 4.43 Å². The Hall–Kier alpha value is -3.01. The van der Waals surface area contributed by atoms with Crippen LogP contribution >= 0.6 is 0 Å². The highest BCUT2D eigenvalue weighted by Crippen LogP contribution is 2.31. The molecule has 0 saturated heterocycles. The summed E-state index contributed by atoms with van der Waals surface area (Å²) in [5, 5.41) is 2.71. The van der Waals surface area contributed by atoms with Crippen LogP contribution < -0.4 is 10.4 Å². The second-order valence-corrected chi connectivity index (χ2v) is 13.8. The molecule has 0 aliphatic rings. The normalized spacial score (nSPS) is 13.4. The third kappa shape index (κ3) is 8.24. The molecule has 3 aromatic carbocycles. The maximum Gasteiger partial charge on any atom is 0.240 e. The first-order chi connectivity index (χ1) is 18.5. The maximum atomic E-state index is 7.08. The van der Waals surface area contributed by atoms with Gasteiger partial charge < -0.3 is 4.43 Å². The van der Waals surface area contributed by atoms with Gasteiger partial charge in [0.1, 0.15) is 0 Å². The van der Waals surface area contributed by atoms with Crippen molar-refractivity contribution >= 4 is 19.4 Å². The molecule has 0 amide bonds. The predicted molar refractivity (Wildman–Crippen MR) is 164 cm³/mol. The minimum atomic E-state index is -1.76. The van der Waals surface area contributed by atoms with Crippen molar-refractivity contribution in [1.29, 1.82) is 0 Å². The molecule has 1 heterocycles. The molecule has 2 unspecified atom stereocenters. The number of nitrogens with zero attached hydrogens (tertiary/aromatic N) is 1. The number of unbranched alkanes of at least 4 members (excludes halogenated alkanes) is 3. The summed E-state index contributed by atoms with van der Waals surface area (Å²) < 4.78 is 7.08. The number of aromatic nitrogens is 1. The molecule has 0 aliphatic carbocycles. The van der Waals surface area contributed by atoms with E-state index in [2.05, 4.69) is 129 Å². The third-order valence-corrected chi connectivity index (χ3v) is 10.1. The second-order valence-electron chi connectivity index (χ2n) is 11.4. The van der Waals surface area contributed by atoms with E-state index in [1.54, 1.807) is 0 Å². The minimum Gasteiger partial charge on any atom is -0.407 e. The summed E-state index contributed by atoms with van der Waals surface area (Å²) in [5.74, 6) is 0.416. The van der Waals surface area contributed by atoms with Gasteiger partial charge in [0.2, 0.25) is 9.04 Å². The van der Waals surface area contributed by atoms with Crippen LogP contribution in [0.4, 0.5) is 0 Å². The van der Waals surface area contributed by atoms with Gasteiger partial charge in [-0.2, -0.15) is 0 Å². The molecule has 0 spiro atoms. The largest absolute Gasteiger partial charge is 0.407 e. The molecular formula is C35H43NOSi. The number of benzene rings is 3. The quantitative estimate of drug-likeness (QED) is 0.134. The van der Waals surface area contributed by atoms with E-state index >= 15 is 0 Å². The molecule has 0 N–H and O–H groups in total. The average molecular weight is 522 g/mol. The second kappa shape index (κ2) is 14.2. The Balaban J connectivity index is 1.33. The summed E-state index contributed by atoms with van der Waals surface area (Å²) in [6.45, 7) is 6.99. The summed E-state index contributed by atoms with van der Waals surface area (Å²) in [6, 6.07) is 36.9. The van der Waals surface area contributed by atoms with E-state index in [9.17, 15) is 0 Å². The van der Waals surface area contributed by atoms with Gasteiger partial charge in [0, 0.05) is 18.3 Å². The van der Waals surface area contributed by atoms with Crippen LogP contribution in [0.3, 0.4) is 0 Å². The molecule has 1 aromatic heterocycles. The molecule has 4 rings (SSSR count). The molecular weight excluding hydrogens is 478 g/mol. The van der Waals surface area contributed by atoms with Crippen LogP contribution in [0.15, 0.2) is 116 Å². The highest BCUT2D eigenvalue weighted by molar-refractivity contribution is 6.80. The zero-order valence-corrected chi connectivity index (χ0v) is 24.5. The van der Waals surface area contributed by atoms with Gasteiger partial charge in [0.25, 0.3) is 0 Å². The van der Waals surface area contributed by atoms with Gasteiger partial charge in [0.05, 0.1) is 6.10 Å². The van der Waals surface area contributed by atoms with Crippen molar-refractivity contribution in [3.8, 4) is 0 Å². The standard InChI is InChI=1S/C35H43NOSi/c1-35(2,3)34(37-38(31-21-11-7-12-22-31)32-23-13-8-14-24-32)26-16-5-4-15-25-33(29-18-9-6-10-19-29)30-20-17-27-36-28-30/h6-14,17-24,27-28,33-34,38H,4-5,15-16,25-26H2,1-3H3. The monoisotopic (exact) mass is 521 g/mol.